The Labute approximate surface area is 91.1 Å². The van der Waals surface area contributed by atoms with Crippen LogP contribution in [0, 0.1) is 0 Å². The molecule has 2 aliphatic heterocycles. The number of nitrogens with zero attached hydrogens (tertiary/aromatic N) is 4. The summed E-state index contributed by atoms with van der Waals surface area (Å²) in [4.78, 5) is 17.1. The van der Waals surface area contributed by atoms with Gasteiger partial charge in [0.05, 0.1) is 0 Å². The number of thioether (sulfide) groups is 2. The Morgan fingerprint density at radius 3 is 3.07 bits per heavy atom. The molecule has 0 N–H and O–H groups in total. The summed E-state index contributed by atoms with van der Waals surface area (Å²) in [7, 11) is 0. The maximum absolute atomic E-state index is 4.44. The van der Waals surface area contributed by atoms with Gasteiger partial charge in [0.25, 0.3) is 0 Å². The molecule has 2 heterocycles. The van der Waals surface area contributed by atoms with Crippen molar-refractivity contribution in [1.82, 2.24) is 0 Å². The number of amidine groups is 2. The third-order valence-corrected chi connectivity index (χ3v) is 3.25. The Morgan fingerprint density at radius 2 is 2.36 bits per heavy atom. The zero-order valence-corrected chi connectivity index (χ0v) is 9.60. The molecule has 0 saturated carbocycles. The predicted octanol–water partition coefficient (Wildman–Crippen LogP) is 1.68. The fourth-order valence-electron chi connectivity index (χ4n) is 1.20. The molecule has 14 heavy (non-hydrogen) atoms. The van der Waals surface area contributed by atoms with Crippen molar-refractivity contribution in [2.24, 2.45) is 20.0 Å². The van der Waals surface area contributed by atoms with Gasteiger partial charge in [-0.2, -0.15) is 0 Å². The molecule has 0 saturated heterocycles. The molecule has 0 aliphatic carbocycles. The summed E-state index contributed by atoms with van der Waals surface area (Å²) in [6, 6.07) is -0.0348. The van der Waals surface area contributed by atoms with Gasteiger partial charge < -0.3 is 0 Å². The molecule has 0 aromatic carbocycles. The first-order valence-corrected chi connectivity index (χ1v) is 6.49. The Balaban J connectivity index is 2.24. The van der Waals surface area contributed by atoms with Crippen molar-refractivity contribution in [1.29, 1.82) is 0 Å². The molecule has 2 aliphatic rings. The Kier molecular flexibility index (Phi) is 3.02. The van der Waals surface area contributed by atoms with E-state index in [0.717, 1.165) is 21.8 Å². The van der Waals surface area contributed by atoms with Gasteiger partial charge in [-0.15, -0.1) is 11.8 Å². The SMILES string of the molecule is CCSC1=NC=NC2=NC(SC)=NC21. The second-order valence-electron chi connectivity index (χ2n) is 2.63. The predicted molar refractivity (Wildman–Crippen MR) is 66.2 cm³/mol. The van der Waals surface area contributed by atoms with Crippen molar-refractivity contribution in [3.63, 3.8) is 0 Å². The van der Waals surface area contributed by atoms with E-state index in [9.17, 15) is 0 Å². The molecule has 0 radical (unpaired) electrons. The zero-order chi connectivity index (χ0) is 9.97. The average Bonchev–Trinajstić information content (AvgIpc) is 2.62. The molecule has 0 aromatic rings. The van der Waals surface area contributed by atoms with Gasteiger partial charge in [0.2, 0.25) is 0 Å². The van der Waals surface area contributed by atoms with Crippen LogP contribution in [0.4, 0.5) is 0 Å². The number of hydrogen-bond acceptors (Lipinski definition) is 6. The number of fused-ring (bicyclic) bond motifs is 1. The highest BCUT2D eigenvalue weighted by Gasteiger charge is 2.28. The second kappa shape index (κ2) is 4.27. The third kappa shape index (κ3) is 1.76. The van der Waals surface area contributed by atoms with Gasteiger partial charge in [-0.1, -0.05) is 18.7 Å². The number of hydrogen-bond donors (Lipinski definition) is 0. The molecule has 0 spiro atoms. The van der Waals surface area contributed by atoms with Crippen LogP contribution < -0.4 is 0 Å². The van der Waals surface area contributed by atoms with Crippen LogP contribution in [-0.2, 0) is 0 Å². The minimum Gasteiger partial charge on any atom is -0.242 e. The quantitative estimate of drug-likeness (QED) is 0.683. The highest BCUT2D eigenvalue weighted by Crippen LogP contribution is 2.21. The van der Waals surface area contributed by atoms with Gasteiger partial charge in [-0.05, 0) is 12.0 Å². The van der Waals surface area contributed by atoms with E-state index in [0.29, 0.717) is 0 Å². The van der Waals surface area contributed by atoms with Crippen LogP contribution in [0.5, 0.6) is 0 Å². The summed E-state index contributed by atoms with van der Waals surface area (Å²) in [5.41, 5.74) is 0. The lowest BCUT2D eigenvalue weighted by molar-refractivity contribution is 1.16. The average molecular weight is 226 g/mol. The molecule has 1 unspecified atom stereocenters. The molecule has 0 amide bonds. The fourth-order valence-corrected chi connectivity index (χ4v) is 2.33. The van der Waals surface area contributed by atoms with Gasteiger partial charge in [-0.3, -0.25) is 0 Å². The van der Waals surface area contributed by atoms with E-state index in [2.05, 4.69) is 26.9 Å². The smallest absolute Gasteiger partial charge is 0.185 e. The third-order valence-electron chi connectivity index (χ3n) is 1.78. The van der Waals surface area contributed by atoms with Crippen LogP contribution in [0.3, 0.4) is 0 Å². The largest absolute Gasteiger partial charge is 0.242 e. The second-order valence-corrected chi connectivity index (χ2v) is 4.69. The molecule has 1 atom stereocenters. The van der Waals surface area contributed by atoms with E-state index >= 15 is 0 Å². The Bertz CT molecular complexity index is 356. The van der Waals surface area contributed by atoms with Gasteiger partial charge in [0.15, 0.2) is 17.0 Å². The van der Waals surface area contributed by atoms with Crippen LogP contribution in [0.15, 0.2) is 20.0 Å². The molecule has 74 valence electrons. The van der Waals surface area contributed by atoms with Crippen molar-refractivity contribution in [3.8, 4) is 0 Å². The van der Waals surface area contributed by atoms with Crippen molar-refractivity contribution >= 4 is 45.9 Å². The standard InChI is InChI=1S/C8H10N4S2/c1-3-14-7-5-6(9-4-10-7)12-8(11-5)13-2/h4-5H,3H2,1-2H3. The first kappa shape index (κ1) is 9.92. The summed E-state index contributed by atoms with van der Waals surface area (Å²) in [6.07, 6.45) is 3.53. The van der Waals surface area contributed by atoms with Crippen molar-refractivity contribution in [2.45, 2.75) is 13.0 Å². The van der Waals surface area contributed by atoms with E-state index in [1.807, 2.05) is 6.26 Å². The maximum Gasteiger partial charge on any atom is 0.185 e. The highest BCUT2D eigenvalue weighted by molar-refractivity contribution is 8.14. The van der Waals surface area contributed by atoms with Crippen molar-refractivity contribution in [2.75, 3.05) is 12.0 Å². The van der Waals surface area contributed by atoms with Crippen LogP contribution >= 0.6 is 23.5 Å². The van der Waals surface area contributed by atoms with Gasteiger partial charge >= 0.3 is 0 Å². The van der Waals surface area contributed by atoms with Crippen LogP contribution in [-0.4, -0.2) is 40.4 Å². The fraction of sp³-hybridized carbons (Fsp3) is 0.500. The van der Waals surface area contributed by atoms with Gasteiger partial charge in [-0.25, -0.2) is 20.0 Å². The van der Waals surface area contributed by atoms with E-state index in [4.69, 9.17) is 0 Å². The van der Waals surface area contributed by atoms with Crippen LogP contribution in [0.25, 0.3) is 0 Å². The molecule has 0 fully saturated rings. The lowest BCUT2D eigenvalue weighted by Crippen LogP contribution is -2.25. The maximum atomic E-state index is 4.44. The lowest BCUT2D eigenvalue weighted by Gasteiger charge is -2.11. The summed E-state index contributed by atoms with van der Waals surface area (Å²) in [5, 5.41) is 1.80. The molecule has 2 rings (SSSR count). The molecular formula is C8H10N4S2. The van der Waals surface area contributed by atoms with Gasteiger partial charge in [0, 0.05) is 0 Å². The van der Waals surface area contributed by atoms with Crippen LogP contribution in [0.2, 0.25) is 0 Å². The van der Waals surface area contributed by atoms with E-state index < -0.39 is 0 Å². The Hall–Kier alpha value is -0.620. The van der Waals surface area contributed by atoms with E-state index in [1.165, 1.54) is 0 Å². The minimum absolute atomic E-state index is 0.0348. The van der Waals surface area contributed by atoms with Crippen molar-refractivity contribution in [3.05, 3.63) is 0 Å². The van der Waals surface area contributed by atoms with E-state index in [-0.39, 0.29) is 6.04 Å². The molecule has 4 nitrogen and oxygen atoms in total. The minimum atomic E-state index is -0.0348. The lowest BCUT2D eigenvalue weighted by atomic mass is 10.3. The van der Waals surface area contributed by atoms with Gasteiger partial charge in [0.1, 0.15) is 11.4 Å². The molecular weight excluding hydrogens is 216 g/mol. The Morgan fingerprint density at radius 1 is 1.50 bits per heavy atom. The summed E-state index contributed by atoms with van der Waals surface area (Å²) in [6.45, 7) is 2.10. The molecule has 0 aromatic heterocycles. The number of aliphatic imine (C=N–C) groups is 4. The first-order valence-electron chi connectivity index (χ1n) is 4.28. The summed E-state index contributed by atoms with van der Waals surface area (Å²) < 4.78 is 0. The highest BCUT2D eigenvalue weighted by atomic mass is 32.2. The first-order chi connectivity index (χ1) is 6.85. The molecule has 0 bridgehead atoms. The monoisotopic (exact) mass is 226 g/mol. The number of rotatable bonds is 1. The normalized spacial score (nSPS) is 24.1. The topological polar surface area (TPSA) is 49.4 Å². The van der Waals surface area contributed by atoms with Crippen LogP contribution in [0.1, 0.15) is 6.92 Å². The summed E-state index contributed by atoms with van der Waals surface area (Å²) in [5.74, 6) is 1.78. The van der Waals surface area contributed by atoms with E-state index in [1.54, 1.807) is 29.9 Å². The van der Waals surface area contributed by atoms with Crippen molar-refractivity contribution < 1.29 is 0 Å². The molecule has 6 heteroatoms. The summed E-state index contributed by atoms with van der Waals surface area (Å²) >= 11 is 3.25. The zero-order valence-electron chi connectivity index (χ0n) is 7.97.